The number of aliphatic hydroxyl groups is 1. The van der Waals surface area contributed by atoms with Crippen molar-refractivity contribution in [3.8, 4) is 5.75 Å². The van der Waals surface area contributed by atoms with Crippen molar-refractivity contribution < 1.29 is 19.7 Å². The van der Waals surface area contributed by atoms with Crippen LogP contribution < -0.4 is 4.74 Å². The van der Waals surface area contributed by atoms with Crippen LogP contribution in [0.2, 0.25) is 0 Å². The van der Waals surface area contributed by atoms with E-state index in [-0.39, 0.29) is 6.42 Å². The molecule has 0 bridgehead atoms. The van der Waals surface area contributed by atoms with Gasteiger partial charge in [-0.15, -0.1) is 0 Å². The molecule has 0 saturated heterocycles. The lowest BCUT2D eigenvalue weighted by Crippen LogP contribution is -2.29. The molecule has 1 atom stereocenters. The topological polar surface area (TPSA) is 70.0 Å². The zero-order valence-corrected chi connectivity index (χ0v) is 13.5. The number of rotatable bonds is 11. The molecule has 22 heavy (non-hydrogen) atoms. The van der Waals surface area contributed by atoms with Gasteiger partial charge in [0.15, 0.2) is 0 Å². The van der Waals surface area contributed by atoms with E-state index in [1.165, 1.54) is 0 Å². The first-order valence-electron chi connectivity index (χ1n) is 7.91. The van der Waals surface area contributed by atoms with Crippen molar-refractivity contribution >= 4 is 5.97 Å². The first-order valence-corrected chi connectivity index (χ1v) is 7.91. The highest BCUT2D eigenvalue weighted by molar-refractivity contribution is 5.66. The minimum absolute atomic E-state index is 0.138. The second-order valence-electron chi connectivity index (χ2n) is 5.29. The molecule has 5 nitrogen and oxygen atoms in total. The summed E-state index contributed by atoms with van der Waals surface area (Å²) in [4.78, 5) is 12.8. The third-order valence-electron chi connectivity index (χ3n) is 3.48. The van der Waals surface area contributed by atoms with Crippen molar-refractivity contribution in [1.29, 1.82) is 0 Å². The van der Waals surface area contributed by atoms with Gasteiger partial charge >= 0.3 is 5.97 Å². The standard InChI is InChI=1S/C17H27NO4/c1-3-11-18(13-10-17(20)21)12-9-16(19)14-5-7-15(8-6-14)22-4-2/h5-8,16,19H,3-4,9-13H2,1-2H3,(H,20,21). The number of carboxylic acid groups (broad SMARTS) is 1. The average Bonchev–Trinajstić information content (AvgIpc) is 2.50. The Morgan fingerprint density at radius 3 is 2.41 bits per heavy atom. The van der Waals surface area contributed by atoms with Crippen LogP contribution in [0.25, 0.3) is 0 Å². The first-order chi connectivity index (χ1) is 10.6. The van der Waals surface area contributed by atoms with E-state index in [1.54, 1.807) is 0 Å². The monoisotopic (exact) mass is 309 g/mol. The summed E-state index contributed by atoms with van der Waals surface area (Å²) >= 11 is 0. The number of hydrogen-bond acceptors (Lipinski definition) is 4. The number of benzene rings is 1. The summed E-state index contributed by atoms with van der Waals surface area (Å²) in [6, 6.07) is 7.46. The zero-order valence-electron chi connectivity index (χ0n) is 13.5. The van der Waals surface area contributed by atoms with Crippen LogP contribution >= 0.6 is 0 Å². The van der Waals surface area contributed by atoms with E-state index in [0.717, 1.165) is 24.3 Å². The van der Waals surface area contributed by atoms with Gasteiger partial charge in [-0.3, -0.25) is 4.79 Å². The van der Waals surface area contributed by atoms with E-state index >= 15 is 0 Å². The molecule has 0 amide bonds. The van der Waals surface area contributed by atoms with Crippen LogP contribution in [0.5, 0.6) is 5.75 Å². The largest absolute Gasteiger partial charge is 0.494 e. The van der Waals surface area contributed by atoms with Gasteiger partial charge in [-0.25, -0.2) is 0 Å². The molecule has 0 heterocycles. The quantitative estimate of drug-likeness (QED) is 0.657. The molecule has 1 rings (SSSR count). The highest BCUT2D eigenvalue weighted by Gasteiger charge is 2.12. The van der Waals surface area contributed by atoms with Gasteiger partial charge in [-0.1, -0.05) is 19.1 Å². The molecule has 0 radical (unpaired) electrons. The lowest BCUT2D eigenvalue weighted by Gasteiger charge is -2.22. The fraction of sp³-hybridized carbons (Fsp3) is 0.588. The van der Waals surface area contributed by atoms with Crippen LogP contribution in [0.15, 0.2) is 24.3 Å². The molecule has 1 aromatic rings. The lowest BCUT2D eigenvalue weighted by atomic mass is 10.1. The SMILES string of the molecule is CCCN(CCC(=O)O)CCC(O)c1ccc(OCC)cc1. The molecular weight excluding hydrogens is 282 g/mol. The zero-order chi connectivity index (χ0) is 16.4. The number of carbonyl (C=O) groups is 1. The van der Waals surface area contributed by atoms with Gasteiger partial charge in [0, 0.05) is 13.1 Å². The number of ether oxygens (including phenoxy) is 1. The molecule has 0 aromatic heterocycles. The minimum Gasteiger partial charge on any atom is -0.494 e. The maximum atomic E-state index is 10.7. The Kier molecular flexibility index (Phi) is 8.55. The van der Waals surface area contributed by atoms with Crippen molar-refractivity contribution in [3.05, 3.63) is 29.8 Å². The van der Waals surface area contributed by atoms with E-state index < -0.39 is 12.1 Å². The minimum atomic E-state index is -0.784. The fourth-order valence-corrected chi connectivity index (χ4v) is 2.33. The predicted octanol–water partition coefficient (Wildman–Crippen LogP) is 2.70. The third kappa shape index (κ3) is 6.91. The summed E-state index contributed by atoms with van der Waals surface area (Å²) in [6.45, 7) is 6.69. The van der Waals surface area contributed by atoms with Crippen LogP contribution in [0.3, 0.4) is 0 Å². The maximum absolute atomic E-state index is 10.7. The highest BCUT2D eigenvalue weighted by atomic mass is 16.5. The molecule has 0 saturated carbocycles. The molecule has 0 aliphatic rings. The molecule has 0 fully saturated rings. The van der Waals surface area contributed by atoms with E-state index in [0.29, 0.717) is 26.1 Å². The van der Waals surface area contributed by atoms with Crippen molar-refractivity contribution in [2.24, 2.45) is 0 Å². The Morgan fingerprint density at radius 2 is 1.86 bits per heavy atom. The molecule has 2 N–H and O–H groups in total. The lowest BCUT2D eigenvalue weighted by molar-refractivity contribution is -0.137. The van der Waals surface area contributed by atoms with E-state index in [9.17, 15) is 9.90 Å². The molecule has 0 aliphatic heterocycles. The Balaban J connectivity index is 2.47. The van der Waals surface area contributed by atoms with Gasteiger partial charge < -0.3 is 19.8 Å². The normalized spacial score (nSPS) is 12.4. The summed E-state index contributed by atoms with van der Waals surface area (Å²) < 4.78 is 5.38. The van der Waals surface area contributed by atoms with Crippen molar-refractivity contribution in [3.63, 3.8) is 0 Å². The number of aliphatic hydroxyl groups excluding tert-OH is 1. The molecule has 1 unspecified atom stereocenters. The second kappa shape index (κ2) is 10.2. The summed E-state index contributed by atoms with van der Waals surface area (Å²) in [5.41, 5.74) is 0.859. The molecular formula is C17H27NO4. The molecule has 124 valence electrons. The molecule has 0 spiro atoms. The number of nitrogens with zero attached hydrogens (tertiary/aromatic N) is 1. The van der Waals surface area contributed by atoms with Crippen LogP contribution in [0.4, 0.5) is 0 Å². The van der Waals surface area contributed by atoms with E-state index in [2.05, 4.69) is 11.8 Å². The smallest absolute Gasteiger partial charge is 0.304 e. The van der Waals surface area contributed by atoms with Gasteiger partial charge in [0.25, 0.3) is 0 Å². The Bertz CT molecular complexity index is 433. The summed E-state index contributed by atoms with van der Waals surface area (Å²) in [5.74, 6) is 0.0145. The van der Waals surface area contributed by atoms with Gasteiger partial charge in [0.05, 0.1) is 19.1 Å². The molecule has 5 heteroatoms. The van der Waals surface area contributed by atoms with Crippen molar-refractivity contribution in [2.45, 2.75) is 39.2 Å². The summed E-state index contributed by atoms with van der Waals surface area (Å²) in [6.07, 6.45) is 1.16. The predicted molar refractivity (Wildman–Crippen MR) is 86.2 cm³/mol. The molecule has 0 aliphatic carbocycles. The maximum Gasteiger partial charge on any atom is 0.304 e. The second-order valence-corrected chi connectivity index (χ2v) is 5.29. The number of carboxylic acids is 1. The van der Waals surface area contributed by atoms with Gasteiger partial charge in [0.1, 0.15) is 5.75 Å². The average molecular weight is 309 g/mol. The summed E-state index contributed by atoms with van der Waals surface area (Å²) in [7, 11) is 0. The van der Waals surface area contributed by atoms with Gasteiger partial charge in [0.2, 0.25) is 0 Å². The van der Waals surface area contributed by atoms with Crippen LogP contribution in [0, 0.1) is 0 Å². The Labute approximate surface area is 132 Å². The highest BCUT2D eigenvalue weighted by Crippen LogP contribution is 2.20. The van der Waals surface area contributed by atoms with Crippen LogP contribution in [-0.2, 0) is 4.79 Å². The fourth-order valence-electron chi connectivity index (χ4n) is 2.33. The summed E-state index contributed by atoms with van der Waals surface area (Å²) in [5, 5.41) is 19.0. The number of aliphatic carboxylic acids is 1. The molecule has 1 aromatic carbocycles. The Morgan fingerprint density at radius 1 is 1.18 bits per heavy atom. The number of hydrogen-bond donors (Lipinski definition) is 2. The van der Waals surface area contributed by atoms with Gasteiger partial charge in [-0.05, 0) is 44.0 Å². The van der Waals surface area contributed by atoms with E-state index in [4.69, 9.17) is 9.84 Å². The Hall–Kier alpha value is -1.59. The van der Waals surface area contributed by atoms with Crippen molar-refractivity contribution in [2.75, 3.05) is 26.2 Å². The van der Waals surface area contributed by atoms with E-state index in [1.807, 2.05) is 31.2 Å². The first kappa shape index (κ1) is 18.5. The third-order valence-corrected chi connectivity index (χ3v) is 3.48. The van der Waals surface area contributed by atoms with Crippen LogP contribution in [-0.4, -0.2) is 47.3 Å². The van der Waals surface area contributed by atoms with Crippen LogP contribution in [0.1, 0.15) is 44.8 Å². The van der Waals surface area contributed by atoms with Crippen molar-refractivity contribution in [1.82, 2.24) is 4.90 Å². The van der Waals surface area contributed by atoms with Gasteiger partial charge in [-0.2, -0.15) is 0 Å².